The van der Waals surface area contributed by atoms with E-state index in [2.05, 4.69) is 13.5 Å². The fraction of sp³-hybridized carbons (Fsp3) is 0.261. The lowest BCUT2D eigenvalue weighted by atomic mass is 9.98. The Hall–Kier alpha value is -3.41. The van der Waals surface area contributed by atoms with E-state index in [-0.39, 0.29) is 22.9 Å². The van der Waals surface area contributed by atoms with Gasteiger partial charge in [0.15, 0.2) is 11.5 Å². The van der Waals surface area contributed by atoms with Crippen LogP contribution in [0, 0.1) is 0 Å². The third-order valence-corrected chi connectivity index (χ3v) is 4.79. The van der Waals surface area contributed by atoms with Gasteiger partial charge in [-0.2, -0.15) is 0 Å². The van der Waals surface area contributed by atoms with Crippen LogP contribution in [0.3, 0.4) is 0 Å². The SMILES string of the molecule is C=C(CCCC)Oc1ccc2c(C(=O)c3cc(N)c(O)c(N)c3)c(CC)oc2c1. The number of benzene rings is 2. The number of hydrogen-bond donors (Lipinski definition) is 3. The van der Waals surface area contributed by atoms with Crippen molar-refractivity contribution in [3.05, 3.63) is 59.6 Å². The summed E-state index contributed by atoms with van der Waals surface area (Å²) in [5.74, 6) is 1.39. The van der Waals surface area contributed by atoms with Gasteiger partial charge in [0, 0.05) is 29.9 Å². The number of ether oxygens (including phenoxy) is 1. The summed E-state index contributed by atoms with van der Waals surface area (Å²) in [5, 5.41) is 10.5. The summed E-state index contributed by atoms with van der Waals surface area (Å²) in [5.41, 5.74) is 13.0. The summed E-state index contributed by atoms with van der Waals surface area (Å²) in [6, 6.07) is 8.20. The molecule has 0 bridgehead atoms. The Morgan fingerprint density at radius 1 is 1.17 bits per heavy atom. The number of aryl methyl sites for hydroxylation is 1. The summed E-state index contributed by atoms with van der Waals surface area (Å²) in [4.78, 5) is 13.2. The summed E-state index contributed by atoms with van der Waals surface area (Å²) < 4.78 is 11.7. The largest absolute Gasteiger partial charge is 0.504 e. The van der Waals surface area contributed by atoms with Crippen LogP contribution >= 0.6 is 0 Å². The van der Waals surface area contributed by atoms with Gasteiger partial charge < -0.3 is 25.7 Å². The lowest BCUT2D eigenvalue weighted by molar-refractivity contribution is 0.103. The van der Waals surface area contributed by atoms with Crippen LogP contribution in [0.1, 0.15) is 54.8 Å². The summed E-state index contributed by atoms with van der Waals surface area (Å²) in [7, 11) is 0. The maximum atomic E-state index is 13.2. The summed E-state index contributed by atoms with van der Waals surface area (Å²) >= 11 is 0. The van der Waals surface area contributed by atoms with Gasteiger partial charge in [0.25, 0.3) is 0 Å². The highest BCUT2D eigenvalue weighted by Crippen LogP contribution is 2.34. The van der Waals surface area contributed by atoms with Gasteiger partial charge in [-0.25, -0.2) is 0 Å². The Bertz CT molecular complexity index is 1060. The molecule has 0 spiro atoms. The molecule has 5 N–H and O–H groups in total. The molecular formula is C23H26N2O4. The van der Waals surface area contributed by atoms with Crippen LogP contribution in [0.4, 0.5) is 11.4 Å². The van der Waals surface area contributed by atoms with E-state index in [9.17, 15) is 9.90 Å². The van der Waals surface area contributed by atoms with Gasteiger partial charge in [0.1, 0.15) is 17.1 Å². The Labute approximate surface area is 169 Å². The number of anilines is 2. The molecule has 0 fully saturated rings. The minimum Gasteiger partial charge on any atom is -0.504 e. The molecule has 152 valence electrons. The number of rotatable bonds is 8. The number of phenols is 1. The van der Waals surface area contributed by atoms with E-state index >= 15 is 0 Å². The molecule has 3 aromatic rings. The number of allylic oxidation sites excluding steroid dienone is 1. The standard InChI is InChI=1S/C23H26N2O4/c1-4-6-7-13(3)28-15-8-9-16-20(12-15)29-19(5-2)21(16)22(26)14-10-17(24)23(27)18(25)11-14/h8-12,27H,3-7,24-25H2,1-2H3. The number of carbonyl (C=O) groups excluding carboxylic acids is 1. The van der Waals surface area contributed by atoms with E-state index in [0.717, 1.165) is 19.3 Å². The first-order valence-corrected chi connectivity index (χ1v) is 9.69. The molecule has 1 aromatic heterocycles. The van der Waals surface area contributed by atoms with Crippen LogP contribution in [0.15, 0.2) is 47.1 Å². The maximum absolute atomic E-state index is 13.2. The summed E-state index contributed by atoms with van der Waals surface area (Å²) in [6.07, 6.45) is 3.41. The number of nitrogen functional groups attached to an aromatic ring is 2. The van der Waals surface area contributed by atoms with E-state index in [1.54, 1.807) is 18.2 Å². The molecule has 0 amide bonds. The zero-order chi connectivity index (χ0) is 21.1. The van der Waals surface area contributed by atoms with Crippen LogP contribution in [-0.4, -0.2) is 10.9 Å². The first-order valence-electron chi connectivity index (χ1n) is 9.69. The highest BCUT2D eigenvalue weighted by molar-refractivity contribution is 6.17. The van der Waals surface area contributed by atoms with E-state index in [0.29, 0.717) is 45.8 Å². The maximum Gasteiger partial charge on any atom is 0.197 e. The molecule has 0 radical (unpaired) electrons. The highest BCUT2D eigenvalue weighted by Gasteiger charge is 2.23. The fourth-order valence-corrected chi connectivity index (χ4v) is 3.24. The molecule has 0 saturated carbocycles. The van der Waals surface area contributed by atoms with Gasteiger partial charge in [0.2, 0.25) is 0 Å². The van der Waals surface area contributed by atoms with Crippen molar-refractivity contribution in [2.24, 2.45) is 0 Å². The minimum atomic E-state index is -0.264. The van der Waals surface area contributed by atoms with Crippen molar-refractivity contribution in [2.75, 3.05) is 11.5 Å². The van der Waals surface area contributed by atoms with Gasteiger partial charge in [0.05, 0.1) is 22.7 Å². The number of unbranched alkanes of at least 4 members (excludes halogenated alkanes) is 1. The monoisotopic (exact) mass is 394 g/mol. The van der Waals surface area contributed by atoms with Crippen molar-refractivity contribution < 1.29 is 19.1 Å². The number of hydrogen-bond acceptors (Lipinski definition) is 6. The zero-order valence-corrected chi connectivity index (χ0v) is 16.7. The van der Waals surface area contributed by atoms with Gasteiger partial charge in [-0.05, 0) is 30.7 Å². The van der Waals surface area contributed by atoms with E-state index in [1.165, 1.54) is 12.1 Å². The molecule has 0 unspecified atom stereocenters. The molecule has 6 nitrogen and oxygen atoms in total. The van der Waals surface area contributed by atoms with Crippen molar-refractivity contribution in [3.63, 3.8) is 0 Å². The average molecular weight is 394 g/mol. The molecule has 0 saturated heterocycles. The third-order valence-electron chi connectivity index (χ3n) is 4.79. The lowest BCUT2D eigenvalue weighted by Gasteiger charge is -2.08. The molecule has 6 heteroatoms. The van der Waals surface area contributed by atoms with E-state index < -0.39 is 0 Å². The predicted octanol–water partition coefficient (Wildman–Crippen LogP) is 5.18. The van der Waals surface area contributed by atoms with Crippen molar-refractivity contribution in [2.45, 2.75) is 39.5 Å². The van der Waals surface area contributed by atoms with Crippen LogP contribution < -0.4 is 16.2 Å². The number of carbonyl (C=O) groups is 1. The molecule has 0 aliphatic heterocycles. The number of ketones is 1. The molecule has 0 atom stereocenters. The second kappa shape index (κ2) is 8.31. The normalized spacial score (nSPS) is 11.0. The van der Waals surface area contributed by atoms with Gasteiger partial charge in [-0.15, -0.1) is 0 Å². The number of phenolic OH excluding ortho intramolecular Hbond substituents is 1. The van der Waals surface area contributed by atoms with Crippen molar-refractivity contribution >= 4 is 28.1 Å². The molecule has 0 aliphatic carbocycles. The predicted molar refractivity (Wildman–Crippen MR) is 115 cm³/mol. The Balaban J connectivity index is 2.00. The second-order valence-corrected chi connectivity index (χ2v) is 6.99. The van der Waals surface area contributed by atoms with Crippen LogP contribution in [0.2, 0.25) is 0 Å². The number of nitrogens with two attached hydrogens (primary N) is 2. The molecule has 3 rings (SSSR count). The smallest absolute Gasteiger partial charge is 0.197 e. The third kappa shape index (κ3) is 4.06. The Kier molecular flexibility index (Phi) is 5.82. The average Bonchev–Trinajstić information content (AvgIpc) is 3.07. The first-order chi connectivity index (χ1) is 13.8. The number of furan rings is 1. The lowest BCUT2D eigenvalue weighted by Crippen LogP contribution is -2.06. The van der Waals surface area contributed by atoms with E-state index in [1.807, 2.05) is 6.92 Å². The Morgan fingerprint density at radius 3 is 2.48 bits per heavy atom. The highest BCUT2D eigenvalue weighted by atomic mass is 16.5. The number of fused-ring (bicyclic) bond motifs is 1. The quantitative estimate of drug-likeness (QED) is 0.210. The molecule has 1 heterocycles. The summed E-state index contributed by atoms with van der Waals surface area (Å²) in [6.45, 7) is 7.98. The van der Waals surface area contributed by atoms with Crippen molar-refractivity contribution in [1.29, 1.82) is 0 Å². The van der Waals surface area contributed by atoms with Crippen molar-refractivity contribution in [3.8, 4) is 11.5 Å². The Morgan fingerprint density at radius 2 is 1.86 bits per heavy atom. The first kappa shape index (κ1) is 20.3. The van der Waals surface area contributed by atoms with Crippen LogP contribution in [0.5, 0.6) is 11.5 Å². The van der Waals surface area contributed by atoms with Crippen LogP contribution in [0.25, 0.3) is 11.0 Å². The van der Waals surface area contributed by atoms with E-state index in [4.69, 9.17) is 20.6 Å². The molecular weight excluding hydrogens is 368 g/mol. The van der Waals surface area contributed by atoms with Crippen molar-refractivity contribution in [1.82, 2.24) is 0 Å². The molecule has 2 aromatic carbocycles. The van der Waals surface area contributed by atoms with Crippen LogP contribution in [-0.2, 0) is 6.42 Å². The number of aromatic hydroxyl groups is 1. The van der Waals surface area contributed by atoms with Gasteiger partial charge >= 0.3 is 0 Å². The zero-order valence-electron chi connectivity index (χ0n) is 16.7. The van der Waals surface area contributed by atoms with Gasteiger partial charge in [-0.1, -0.05) is 26.8 Å². The topological polar surface area (TPSA) is 112 Å². The molecule has 0 aliphatic rings. The van der Waals surface area contributed by atoms with Gasteiger partial charge in [-0.3, -0.25) is 4.79 Å². The molecule has 29 heavy (non-hydrogen) atoms. The minimum absolute atomic E-state index is 0.0560. The fourth-order valence-electron chi connectivity index (χ4n) is 3.24. The second-order valence-electron chi connectivity index (χ2n) is 6.99.